The smallest absolute Gasteiger partial charge is 0.102 e. The van der Waals surface area contributed by atoms with Gasteiger partial charge in [0.15, 0.2) is 0 Å². The summed E-state index contributed by atoms with van der Waals surface area (Å²) in [6.07, 6.45) is 5.04. The van der Waals surface area contributed by atoms with Crippen molar-refractivity contribution in [2.24, 2.45) is 10.9 Å². The zero-order valence-corrected chi connectivity index (χ0v) is 11.5. The standard InChI is InChI=1S/C14H17N3S/c1-9(2)6-10-8-18-14(17-10)11-7-16-12-4-3-5-15-13(11)12/h3-5,7,9-10,16H,6,8H2,1-2H3. The van der Waals surface area contributed by atoms with Crippen LogP contribution in [0.5, 0.6) is 0 Å². The van der Waals surface area contributed by atoms with Crippen LogP contribution in [0.2, 0.25) is 0 Å². The fraction of sp³-hybridized carbons (Fsp3) is 0.429. The van der Waals surface area contributed by atoms with Gasteiger partial charge in [-0.2, -0.15) is 0 Å². The Bertz CT molecular complexity index is 585. The van der Waals surface area contributed by atoms with Crippen molar-refractivity contribution in [3.05, 3.63) is 30.1 Å². The van der Waals surface area contributed by atoms with Gasteiger partial charge < -0.3 is 4.98 Å². The number of aromatic nitrogens is 2. The molecule has 1 N–H and O–H groups in total. The lowest BCUT2D eigenvalue weighted by Crippen LogP contribution is -2.07. The third kappa shape index (κ3) is 2.17. The first-order chi connectivity index (χ1) is 8.74. The number of fused-ring (bicyclic) bond motifs is 1. The molecule has 0 saturated carbocycles. The molecule has 0 saturated heterocycles. The summed E-state index contributed by atoms with van der Waals surface area (Å²) in [4.78, 5) is 12.6. The van der Waals surface area contributed by atoms with E-state index in [0.717, 1.165) is 27.4 Å². The average molecular weight is 259 g/mol. The van der Waals surface area contributed by atoms with Gasteiger partial charge in [0.05, 0.1) is 22.6 Å². The lowest BCUT2D eigenvalue weighted by molar-refractivity contribution is 0.529. The first kappa shape index (κ1) is 11.8. The molecule has 2 aromatic heterocycles. The monoisotopic (exact) mass is 259 g/mol. The van der Waals surface area contributed by atoms with E-state index in [1.165, 1.54) is 6.42 Å². The summed E-state index contributed by atoms with van der Waals surface area (Å²) in [7, 11) is 0. The number of nitrogens with one attached hydrogen (secondary N) is 1. The van der Waals surface area contributed by atoms with E-state index in [2.05, 4.69) is 29.9 Å². The molecule has 0 amide bonds. The van der Waals surface area contributed by atoms with Gasteiger partial charge in [-0.05, 0) is 24.5 Å². The van der Waals surface area contributed by atoms with E-state index in [0.29, 0.717) is 12.0 Å². The molecule has 3 heterocycles. The van der Waals surface area contributed by atoms with Crippen LogP contribution >= 0.6 is 11.8 Å². The van der Waals surface area contributed by atoms with Crippen LogP contribution in [0.4, 0.5) is 0 Å². The summed E-state index contributed by atoms with van der Waals surface area (Å²) in [5, 5.41) is 1.14. The van der Waals surface area contributed by atoms with E-state index < -0.39 is 0 Å². The van der Waals surface area contributed by atoms with Crippen LogP contribution in [0.1, 0.15) is 25.8 Å². The van der Waals surface area contributed by atoms with Crippen LogP contribution in [0.15, 0.2) is 29.5 Å². The molecule has 1 unspecified atom stereocenters. The molecule has 2 aromatic rings. The van der Waals surface area contributed by atoms with Crippen LogP contribution in [-0.2, 0) is 0 Å². The molecule has 0 spiro atoms. The minimum atomic E-state index is 0.471. The SMILES string of the molecule is CC(C)CC1CSC(c2c[nH]c3cccnc23)=N1. The normalized spacial score (nSPS) is 19.7. The zero-order valence-electron chi connectivity index (χ0n) is 10.7. The number of pyridine rings is 1. The maximum atomic E-state index is 4.84. The van der Waals surface area contributed by atoms with Crippen molar-refractivity contribution in [2.45, 2.75) is 26.3 Å². The summed E-state index contributed by atoms with van der Waals surface area (Å²) in [6.45, 7) is 4.51. The van der Waals surface area contributed by atoms with Crippen LogP contribution in [0, 0.1) is 5.92 Å². The number of aromatic amines is 1. The number of nitrogens with zero attached hydrogens (tertiary/aromatic N) is 2. The van der Waals surface area contributed by atoms with Gasteiger partial charge in [0, 0.05) is 18.1 Å². The molecule has 1 aliphatic rings. The minimum Gasteiger partial charge on any atom is -0.359 e. The maximum absolute atomic E-state index is 4.84. The van der Waals surface area contributed by atoms with Gasteiger partial charge >= 0.3 is 0 Å². The van der Waals surface area contributed by atoms with E-state index in [-0.39, 0.29) is 0 Å². The molecule has 1 atom stereocenters. The topological polar surface area (TPSA) is 41.0 Å². The minimum absolute atomic E-state index is 0.471. The lowest BCUT2D eigenvalue weighted by atomic mass is 10.1. The summed E-state index contributed by atoms with van der Waals surface area (Å²) in [5.41, 5.74) is 3.28. The van der Waals surface area contributed by atoms with E-state index in [9.17, 15) is 0 Å². The highest BCUT2D eigenvalue weighted by atomic mass is 32.2. The highest BCUT2D eigenvalue weighted by molar-refractivity contribution is 8.14. The molecule has 0 aliphatic carbocycles. The van der Waals surface area contributed by atoms with Crippen LogP contribution in [-0.4, -0.2) is 26.8 Å². The van der Waals surface area contributed by atoms with Crippen LogP contribution in [0.3, 0.4) is 0 Å². The van der Waals surface area contributed by atoms with Gasteiger partial charge in [0.25, 0.3) is 0 Å². The van der Waals surface area contributed by atoms with Crippen molar-refractivity contribution in [1.29, 1.82) is 0 Å². The fourth-order valence-corrected chi connectivity index (χ4v) is 3.44. The van der Waals surface area contributed by atoms with E-state index in [4.69, 9.17) is 4.99 Å². The van der Waals surface area contributed by atoms with Crippen molar-refractivity contribution >= 4 is 27.8 Å². The third-order valence-corrected chi connectivity index (χ3v) is 4.27. The molecule has 0 bridgehead atoms. The molecule has 4 heteroatoms. The van der Waals surface area contributed by atoms with E-state index in [1.54, 1.807) is 0 Å². The fourth-order valence-electron chi connectivity index (χ4n) is 2.35. The van der Waals surface area contributed by atoms with Crippen molar-refractivity contribution < 1.29 is 0 Å². The Balaban J connectivity index is 1.91. The molecule has 0 fully saturated rings. The van der Waals surface area contributed by atoms with Gasteiger partial charge in [0.1, 0.15) is 5.04 Å². The van der Waals surface area contributed by atoms with Crippen molar-refractivity contribution in [2.75, 3.05) is 5.75 Å². The van der Waals surface area contributed by atoms with Crippen molar-refractivity contribution in [3.63, 3.8) is 0 Å². The predicted octanol–water partition coefficient (Wildman–Crippen LogP) is 3.47. The molecule has 18 heavy (non-hydrogen) atoms. The van der Waals surface area contributed by atoms with Crippen molar-refractivity contribution in [1.82, 2.24) is 9.97 Å². The number of rotatable bonds is 3. The zero-order chi connectivity index (χ0) is 12.5. The molecule has 94 valence electrons. The second kappa shape index (κ2) is 4.76. The predicted molar refractivity (Wildman–Crippen MR) is 78.3 cm³/mol. The molecular formula is C14H17N3S. The highest BCUT2D eigenvalue weighted by Gasteiger charge is 2.22. The Morgan fingerprint density at radius 3 is 3.22 bits per heavy atom. The number of hydrogen-bond donors (Lipinski definition) is 1. The first-order valence-corrected chi connectivity index (χ1v) is 7.35. The van der Waals surface area contributed by atoms with E-state index >= 15 is 0 Å². The van der Waals surface area contributed by atoms with Gasteiger partial charge in [-0.25, -0.2) is 0 Å². The summed E-state index contributed by atoms with van der Waals surface area (Å²) in [6, 6.07) is 4.48. The number of hydrogen-bond acceptors (Lipinski definition) is 3. The number of aliphatic imine (C=N–C) groups is 1. The highest BCUT2D eigenvalue weighted by Crippen LogP contribution is 2.29. The molecule has 0 radical (unpaired) electrons. The van der Waals surface area contributed by atoms with Gasteiger partial charge in [-0.3, -0.25) is 9.98 Å². The Morgan fingerprint density at radius 1 is 1.50 bits per heavy atom. The van der Waals surface area contributed by atoms with Gasteiger partial charge in [0.2, 0.25) is 0 Å². The first-order valence-electron chi connectivity index (χ1n) is 6.37. The number of thioether (sulfide) groups is 1. The van der Waals surface area contributed by atoms with Crippen molar-refractivity contribution in [3.8, 4) is 0 Å². The summed E-state index contributed by atoms with van der Waals surface area (Å²) < 4.78 is 0. The lowest BCUT2D eigenvalue weighted by Gasteiger charge is -2.07. The van der Waals surface area contributed by atoms with Gasteiger partial charge in [-0.1, -0.05) is 13.8 Å². The Kier molecular flexibility index (Phi) is 3.12. The molecule has 3 nitrogen and oxygen atoms in total. The number of H-pyrrole nitrogens is 1. The largest absolute Gasteiger partial charge is 0.359 e. The van der Waals surface area contributed by atoms with Gasteiger partial charge in [-0.15, -0.1) is 11.8 Å². The second-order valence-corrected chi connectivity index (χ2v) is 6.14. The molecular weight excluding hydrogens is 242 g/mol. The summed E-state index contributed by atoms with van der Waals surface area (Å²) in [5.74, 6) is 1.81. The molecule has 3 rings (SSSR count). The van der Waals surface area contributed by atoms with E-state index in [1.807, 2.05) is 30.2 Å². The van der Waals surface area contributed by atoms with Crippen LogP contribution < -0.4 is 0 Å². The summed E-state index contributed by atoms with van der Waals surface area (Å²) >= 11 is 1.86. The second-order valence-electron chi connectivity index (χ2n) is 5.13. The maximum Gasteiger partial charge on any atom is 0.102 e. The quantitative estimate of drug-likeness (QED) is 0.917. The Morgan fingerprint density at radius 2 is 2.39 bits per heavy atom. The molecule has 1 aliphatic heterocycles. The Labute approximate surface area is 111 Å². The molecule has 0 aromatic carbocycles. The Hall–Kier alpha value is -1.29. The van der Waals surface area contributed by atoms with Crippen LogP contribution in [0.25, 0.3) is 11.0 Å². The third-order valence-electron chi connectivity index (χ3n) is 3.12. The average Bonchev–Trinajstić information content (AvgIpc) is 2.94.